The highest BCUT2D eigenvalue weighted by Gasteiger charge is 2.37. The first kappa shape index (κ1) is 21.7. The summed E-state index contributed by atoms with van der Waals surface area (Å²) in [6, 6.07) is 9.72. The Hall–Kier alpha value is -3.03. The Labute approximate surface area is 172 Å². The van der Waals surface area contributed by atoms with Gasteiger partial charge in [-0.1, -0.05) is 30.3 Å². The van der Waals surface area contributed by atoms with Crippen molar-refractivity contribution in [2.75, 3.05) is 6.54 Å². The fraction of sp³-hybridized carbons (Fsp3) is 0.364. The number of imide groups is 1. The van der Waals surface area contributed by atoms with Crippen LogP contribution in [0.3, 0.4) is 0 Å². The average molecular weight is 421 g/mol. The number of rotatable bonds is 4. The van der Waals surface area contributed by atoms with Crippen molar-refractivity contribution < 1.29 is 32.2 Å². The summed E-state index contributed by atoms with van der Waals surface area (Å²) in [6.45, 7) is 4.76. The van der Waals surface area contributed by atoms with Crippen molar-refractivity contribution in [1.82, 2.24) is 4.90 Å². The van der Waals surface area contributed by atoms with Gasteiger partial charge in [0.2, 0.25) is 0 Å². The minimum Gasteiger partial charge on any atom is -0.488 e. The van der Waals surface area contributed by atoms with Gasteiger partial charge in [0.05, 0.1) is 11.1 Å². The molecular formula is C22H22F3NO4. The summed E-state index contributed by atoms with van der Waals surface area (Å²) in [5, 5.41) is 0. The van der Waals surface area contributed by atoms with Crippen LogP contribution < -0.4 is 4.74 Å². The van der Waals surface area contributed by atoms with E-state index in [4.69, 9.17) is 9.47 Å². The van der Waals surface area contributed by atoms with Gasteiger partial charge in [0.15, 0.2) is 0 Å². The summed E-state index contributed by atoms with van der Waals surface area (Å²) in [5.41, 5.74) is -1.35. The molecular weight excluding hydrogens is 399 g/mol. The van der Waals surface area contributed by atoms with Gasteiger partial charge in [0.1, 0.15) is 23.8 Å². The van der Waals surface area contributed by atoms with E-state index >= 15 is 0 Å². The predicted octanol–water partition coefficient (Wildman–Crippen LogP) is 5.28. The summed E-state index contributed by atoms with van der Waals surface area (Å²) >= 11 is 0. The Morgan fingerprint density at radius 2 is 1.87 bits per heavy atom. The molecule has 0 N–H and O–H groups in total. The van der Waals surface area contributed by atoms with Crippen LogP contribution in [0.1, 0.15) is 54.2 Å². The third kappa shape index (κ3) is 4.58. The van der Waals surface area contributed by atoms with Crippen LogP contribution in [-0.2, 0) is 17.8 Å². The first-order chi connectivity index (χ1) is 14.1. The smallest absolute Gasteiger partial charge is 0.417 e. The fourth-order valence-electron chi connectivity index (χ4n) is 3.14. The highest BCUT2D eigenvalue weighted by Crippen LogP contribution is 2.37. The molecule has 0 bridgehead atoms. The van der Waals surface area contributed by atoms with Gasteiger partial charge in [-0.2, -0.15) is 0 Å². The van der Waals surface area contributed by atoms with E-state index in [1.165, 1.54) is 0 Å². The number of fused-ring (bicyclic) bond motifs is 1. The van der Waals surface area contributed by atoms with Gasteiger partial charge in [-0.15, -0.1) is 0 Å². The quantitative estimate of drug-likeness (QED) is 0.674. The van der Waals surface area contributed by atoms with E-state index in [0.29, 0.717) is 0 Å². The lowest BCUT2D eigenvalue weighted by atomic mass is 9.94. The monoisotopic (exact) mass is 421 g/mol. The number of hydrogen-bond donors (Lipinski definition) is 0. The predicted molar refractivity (Wildman–Crippen MR) is 103 cm³/mol. The van der Waals surface area contributed by atoms with Crippen LogP contribution >= 0.6 is 0 Å². The first-order valence-electron chi connectivity index (χ1n) is 9.43. The highest BCUT2D eigenvalue weighted by atomic mass is 19.3. The van der Waals surface area contributed by atoms with Crippen LogP contribution in [-0.4, -0.2) is 29.0 Å². The van der Waals surface area contributed by atoms with Gasteiger partial charge in [0, 0.05) is 12.1 Å². The Kier molecular flexibility index (Phi) is 6.05. The minimum atomic E-state index is -3.08. The molecule has 0 saturated carbocycles. The maximum Gasteiger partial charge on any atom is 0.417 e. The van der Waals surface area contributed by atoms with Crippen molar-refractivity contribution in [1.29, 1.82) is 0 Å². The second-order valence-electron chi connectivity index (χ2n) is 7.89. The summed E-state index contributed by atoms with van der Waals surface area (Å²) < 4.78 is 52.3. The van der Waals surface area contributed by atoms with Crippen molar-refractivity contribution in [3.63, 3.8) is 0 Å². The van der Waals surface area contributed by atoms with Crippen LogP contribution in [0.2, 0.25) is 0 Å². The minimum absolute atomic E-state index is 0.0126. The standard InChI is InChI=1S/C22H22F3NO4/c1-22(2,3)30-21(28)26-10-9-14-17(20(26)27)16(11-15(18(14)23)19(24)25)29-12-13-7-5-4-6-8-13/h4-8,11,19H,9-10,12H2,1-3H3. The number of nitrogens with zero attached hydrogens (tertiary/aromatic N) is 1. The largest absolute Gasteiger partial charge is 0.488 e. The van der Waals surface area contributed by atoms with Crippen molar-refractivity contribution in [2.24, 2.45) is 0 Å². The molecule has 1 heterocycles. The van der Waals surface area contributed by atoms with Gasteiger partial charge >= 0.3 is 6.09 Å². The van der Waals surface area contributed by atoms with Crippen molar-refractivity contribution in [3.8, 4) is 5.75 Å². The molecule has 2 aromatic carbocycles. The molecule has 1 aliphatic rings. The molecule has 5 nitrogen and oxygen atoms in total. The summed E-state index contributed by atoms with van der Waals surface area (Å²) in [7, 11) is 0. The molecule has 0 spiro atoms. The fourth-order valence-corrected chi connectivity index (χ4v) is 3.14. The zero-order valence-corrected chi connectivity index (χ0v) is 16.9. The second-order valence-corrected chi connectivity index (χ2v) is 7.89. The molecule has 2 amide bonds. The van der Waals surface area contributed by atoms with E-state index in [-0.39, 0.29) is 36.4 Å². The SMILES string of the molecule is CC(C)(C)OC(=O)N1CCc2c(F)c(C(F)F)cc(OCc3ccccc3)c2C1=O. The lowest BCUT2D eigenvalue weighted by Gasteiger charge is -2.31. The zero-order chi connectivity index (χ0) is 22.1. The van der Waals surface area contributed by atoms with E-state index < -0.39 is 35.4 Å². The molecule has 2 aromatic rings. The molecule has 1 aliphatic heterocycles. The number of carbonyl (C=O) groups excluding carboxylic acids is 2. The summed E-state index contributed by atoms with van der Waals surface area (Å²) in [4.78, 5) is 26.3. The van der Waals surface area contributed by atoms with Gasteiger partial charge in [0.25, 0.3) is 12.3 Å². The molecule has 0 fully saturated rings. The Morgan fingerprint density at radius 3 is 2.47 bits per heavy atom. The molecule has 0 unspecified atom stereocenters. The maximum absolute atomic E-state index is 14.7. The van der Waals surface area contributed by atoms with Gasteiger partial charge in [-0.3, -0.25) is 4.79 Å². The van der Waals surface area contributed by atoms with E-state index in [2.05, 4.69) is 0 Å². The molecule has 3 rings (SSSR count). The molecule has 160 valence electrons. The number of hydrogen-bond acceptors (Lipinski definition) is 4. The Bertz CT molecular complexity index is 955. The average Bonchev–Trinajstić information content (AvgIpc) is 2.67. The topological polar surface area (TPSA) is 55.8 Å². The molecule has 0 radical (unpaired) electrons. The van der Waals surface area contributed by atoms with Crippen LogP contribution in [0.25, 0.3) is 0 Å². The number of benzene rings is 2. The molecule has 8 heteroatoms. The van der Waals surface area contributed by atoms with E-state index in [9.17, 15) is 22.8 Å². The maximum atomic E-state index is 14.7. The van der Waals surface area contributed by atoms with Crippen molar-refractivity contribution in [3.05, 3.63) is 64.5 Å². The molecule has 0 aromatic heterocycles. The van der Waals surface area contributed by atoms with Crippen LogP contribution in [0.15, 0.2) is 36.4 Å². The lowest BCUT2D eigenvalue weighted by Crippen LogP contribution is -2.45. The number of amides is 2. The summed E-state index contributed by atoms with van der Waals surface area (Å²) in [5.74, 6) is -2.18. The molecule has 0 saturated heterocycles. The second kappa shape index (κ2) is 8.38. The van der Waals surface area contributed by atoms with Crippen LogP contribution in [0.5, 0.6) is 5.75 Å². The molecule has 0 aliphatic carbocycles. The van der Waals surface area contributed by atoms with E-state index in [1.54, 1.807) is 51.1 Å². The Morgan fingerprint density at radius 1 is 1.20 bits per heavy atom. The first-order valence-corrected chi connectivity index (χ1v) is 9.43. The van der Waals surface area contributed by atoms with Crippen molar-refractivity contribution in [2.45, 2.75) is 45.8 Å². The lowest BCUT2D eigenvalue weighted by molar-refractivity contribution is 0.0230. The van der Waals surface area contributed by atoms with Crippen LogP contribution in [0, 0.1) is 5.82 Å². The van der Waals surface area contributed by atoms with Gasteiger partial charge < -0.3 is 9.47 Å². The highest BCUT2D eigenvalue weighted by molar-refractivity contribution is 6.06. The number of ether oxygens (including phenoxy) is 2. The van der Waals surface area contributed by atoms with Crippen molar-refractivity contribution >= 4 is 12.0 Å². The molecule has 0 atom stereocenters. The summed E-state index contributed by atoms with van der Waals surface area (Å²) in [6.07, 6.45) is -4.08. The third-order valence-corrected chi connectivity index (χ3v) is 4.48. The Balaban J connectivity index is 1.99. The number of halogens is 3. The zero-order valence-electron chi connectivity index (χ0n) is 16.9. The van der Waals surface area contributed by atoms with Gasteiger partial charge in [-0.25, -0.2) is 22.9 Å². The van der Waals surface area contributed by atoms with Crippen LogP contribution in [0.4, 0.5) is 18.0 Å². The number of carbonyl (C=O) groups is 2. The normalized spacial score (nSPS) is 14.0. The number of alkyl halides is 2. The van der Waals surface area contributed by atoms with E-state index in [1.807, 2.05) is 0 Å². The van der Waals surface area contributed by atoms with E-state index in [0.717, 1.165) is 16.5 Å². The van der Waals surface area contributed by atoms with Gasteiger partial charge in [-0.05, 0) is 38.8 Å². The third-order valence-electron chi connectivity index (χ3n) is 4.48. The molecule has 30 heavy (non-hydrogen) atoms.